The van der Waals surface area contributed by atoms with E-state index < -0.39 is 12.2 Å². The van der Waals surface area contributed by atoms with Crippen LogP contribution in [0.3, 0.4) is 0 Å². The van der Waals surface area contributed by atoms with Crippen molar-refractivity contribution in [2.24, 2.45) is 29.1 Å². The predicted octanol–water partition coefficient (Wildman–Crippen LogP) is 16.0. The lowest BCUT2D eigenvalue weighted by Crippen LogP contribution is -2.36. The predicted molar refractivity (Wildman–Crippen MR) is 308 cm³/mol. The van der Waals surface area contributed by atoms with Crippen LogP contribution < -0.4 is 0 Å². The Bertz CT molecular complexity index is 2420. The Morgan fingerprint density at radius 1 is 0.603 bits per heavy atom. The van der Waals surface area contributed by atoms with Crippen molar-refractivity contribution >= 4 is 23.3 Å². The summed E-state index contributed by atoms with van der Waals surface area (Å²) in [6, 6.07) is 4.94. The third-order valence-electron chi connectivity index (χ3n) is 18.5. The number of thiophene rings is 1. The molecule has 12 nitrogen and oxygen atoms in total. The van der Waals surface area contributed by atoms with Crippen LogP contribution in [0.1, 0.15) is 239 Å². The van der Waals surface area contributed by atoms with Crippen LogP contribution >= 0.6 is 11.3 Å². The minimum Gasteiger partial charge on any atom is -0.454 e. The van der Waals surface area contributed by atoms with E-state index in [0.717, 1.165) is 129 Å². The molecule has 0 saturated heterocycles. The van der Waals surface area contributed by atoms with Crippen LogP contribution in [-0.4, -0.2) is 70.0 Å². The molecule has 8 rings (SSSR count). The van der Waals surface area contributed by atoms with Crippen molar-refractivity contribution in [3.8, 4) is 23.6 Å². The maximum Gasteiger partial charge on any atom is 0.306 e. The van der Waals surface area contributed by atoms with E-state index in [4.69, 9.17) is 27.8 Å². The molecule has 426 valence electrons. The van der Waals surface area contributed by atoms with E-state index in [2.05, 4.69) is 95.9 Å². The topological polar surface area (TPSA) is 149 Å². The molecule has 5 aliphatic carbocycles. The summed E-state index contributed by atoms with van der Waals surface area (Å²) in [5.74, 6) is 13.3. The zero-order valence-corrected chi connectivity index (χ0v) is 48.2. The number of unbranched alkanes of at least 4 members (excludes halogenated alkanes) is 8. The molecule has 0 N–H and O–H groups in total. The Morgan fingerprint density at radius 3 is 1.55 bits per heavy atom. The number of carbonyl (C=O) groups excluding carboxylic acids is 2. The molecule has 7 atom stereocenters. The molecule has 0 bridgehead atoms. The van der Waals surface area contributed by atoms with Gasteiger partial charge in [-0.2, -0.15) is 0 Å². The number of aromatic nitrogens is 4. The van der Waals surface area contributed by atoms with E-state index in [9.17, 15) is 9.59 Å². The first kappa shape index (κ1) is 59.5. The largest absolute Gasteiger partial charge is 0.454 e. The Kier molecular flexibility index (Phi) is 23.1. The second-order valence-corrected chi connectivity index (χ2v) is 24.6. The molecule has 7 unspecified atom stereocenters. The van der Waals surface area contributed by atoms with Crippen molar-refractivity contribution in [2.45, 2.75) is 242 Å². The van der Waals surface area contributed by atoms with Gasteiger partial charge in [0.2, 0.25) is 11.8 Å². The summed E-state index contributed by atoms with van der Waals surface area (Å²) in [6.07, 6.45) is 35.2. The molecule has 0 aliphatic heterocycles. The van der Waals surface area contributed by atoms with E-state index in [1.54, 1.807) is 34.1 Å². The molecule has 5 fully saturated rings. The van der Waals surface area contributed by atoms with Crippen LogP contribution in [0.15, 0.2) is 71.6 Å². The van der Waals surface area contributed by atoms with Crippen molar-refractivity contribution < 1.29 is 37.4 Å². The quantitative estimate of drug-likeness (QED) is 0.0261. The van der Waals surface area contributed by atoms with Crippen molar-refractivity contribution in [1.82, 2.24) is 20.4 Å². The number of rotatable bonds is 31. The summed E-state index contributed by atoms with van der Waals surface area (Å²) >= 11 is 2.10. The number of ether oxygens (including phenoxy) is 4. The van der Waals surface area contributed by atoms with Gasteiger partial charge in [-0.3, -0.25) is 9.59 Å². The molecule has 5 aliphatic rings. The first-order valence-electron chi connectivity index (χ1n) is 30.5. The number of hydrogen-bond donors (Lipinski definition) is 0. The van der Waals surface area contributed by atoms with Gasteiger partial charge in [0.1, 0.15) is 12.2 Å². The highest BCUT2D eigenvalue weighted by molar-refractivity contribution is 7.12. The van der Waals surface area contributed by atoms with Crippen LogP contribution in [0, 0.1) is 40.9 Å². The molecule has 3 heterocycles. The molecule has 3 aromatic heterocycles. The first-order valence-corrected chi connectivity index (χ1v) is 31.3. The number of esters is 2. The Morgan fingerprint density at radius 2 is 1.04 bits per heavy atom. The minimum absolute atomic E-state index is 0.000832. The van der Waals surface area contributed by atoms with Gasteiger partial charge in [0.15, 0.2) is 0 Å². The van der Waals surface area contributed by atoms with Crippen molar-refractivity contribution in [1.29, 1.82) is 0 Å². The Hall–Kier alpha value is -4.64. The van der Waals surface area contributed by atoms with E-state index in [1.165, 1.54) is 51.4 Å². The third-order valence-corrected chi connectivity index (χ3v) is 19.9. The molecule has 0 radical (unpaired) electrons. The van der Waals surface area contributed by atoms with Gasteiger partial charge in [0.25, 0.3) is 0 Å². The van der Waals surface area contributed by atoms with Gasteiger partial charge >= 0.3 is 23.7 Å². The van der Waals surface area contributed by atoms with E-state index in [0.29, 0.717) is 78.0 Å². The van der Waals surface area contributed by atoms with E-state index in [1.807, 2.05) is 0 Å². The highest BCUT2D eigenvalue weighted by atomic mass is 32.1. The summed E-state index contributed by atoms with van der Waals surface area (Å²) in [4.78, 5) is 27.1. The fourth-order valence-electron chi connectivity index (χ4n) is 14.5. The fraction of sp³-hybridized carbons (Fsp3) is 0.692. The molecular weight excluding hydrogens is 997 g/mol. The van der Waals surface area contributed by atoms with Gasteiger partial charge in [0, 0.05) is 53.1 Å². The zero-order chi connectivity index (χ0) is 54.7. The Labute approximate surface area is 470 Å². The fourth-order valence-corrected chi connectivity index (χ4v) is 15.8. The molecule has 3 aromatic rings. The number of hydrogen-bond acceptors (Lipinski definition) is 13. The molecule has 0 spiro atoms. The summed E-state index contributed by atoms with van der Waals surface area (Å²) in [5.41, 5.74) is -0.000832. The van der Waals surface area contributed by atoms with Gasteiger partial charge in [0.05, 0.1) is 12.2 Å². The maximum absolute atomic E-state index is 12.1. The first-order chi connectivity index (χ1) is 38.2. The SMILES string of the molecule is C=CC(C=C)OC(=O)CCCCCCCCCOC1CCC(c2nnc(-c3nnc(C4CCC5C6CCC(c7ccc(C8CCC(OCCCCCC(=O)OC(C=C)C=C)CC8)s7)CC6C(C#CC)(CCC)C5C4)o3)o2)CC1. The molecular formula is C65H92N4O8S. The van der Waals surface area contributed by atoms with Crippen LogP contribution in [0.2, 0.25) is 0 Å². The highest BCUT2D eigenvalue weighted by Gasteiger charge is 2.61. The lowest BCUT2D eigenvalue weighted by molar-refractivity contribution is -0.146. The lowest BCUT2D eigenvalue weighted by atomic mass is 9.61. The Balaban J connectivity index is 0.756. The lowest BCUT2D eigenvalue weighted by Gasteiger charge is -2.42. The minimum atomic E-state index is -0.411. The van der Waals surface area contributed by atoms with Crippen LogP contribution in [0.25, 0.3) is 11.8 Å². The van der Waals surface area contributed by atoms with Gasteiger partial charge in [-0.05, 0) is 201 Å². The van der Waals surface area contributed by atoms with Gasteiger partial charge in [-0.1, -0.05) is 84.1 Å². The van der Waals surface area contributed by atoms with Gasteiger partial charge in [-0.25, -0.2) is 0 Å². The number of carbonyl (C=O) groups is 2. The number of nitrogens with zero attached hydrogens (tertiary/aromatic N) is 4. The van der Waals surface area contributed by atoms with Crippen molar-refractivity contribution in [3.63, 3.8) is 0 Å². The van der Waals surface area contributed by atoms with E-state index >= 15 is 0 Å². The summed E-state index contributed by atoms with van der Waals surface area (Å²) in [7, 11) is 0. The second kappa shape index (κ2) is 30.3. The van der Waals surface area contributed by atoms with E-state index in [-0.39, 0.29) is 35.3 Å². The molecule has 13 heteroatoms. The van der Waals surface area contributed by atoms with Gasteiger partial charge in [-0.15, -0.1) is 37.7 Å². The average Bonchev–Trinajstić information content (AvgIpc) is 4.28. The molecule has 0 aromatic carbocycles. The highest BCUT2D eigenvalue weighted by Crippen LogP contribution is 2.67. The number of fused-ring (bicyclic) bond motifs is 3. The smallest absolute Gasteiger partial charge is 0.306 e. The van der Waals surface area contributed by atoms with Crippen molar-refractivity contribution in [2.75, 3.05) is 13.2 Å². The summed E-state index contributed by atoms with van der Waals surface area (Å²) in [5, 5.41) is 18.1. The third kappa shape index (κ3) is 15.6. The molecule has 0 amide bonds. The van der Waals surface area contributed by atoms with Gasteiger partial charge < -0.3 is 27.8 Å². The molecule has 5 saturated carbocycles. The standard InChI is InChI=1S/C65H92N4O8S/c1-7-39-65(40-8-2)55-43-47(58-38-37-57(78-58)45-25-31-51(32-26-45)73-42-22-18-20-24-60(71)75-50(11-5)12-6)29-35-53(55)54-36-30-48(44-56(54)65)62-67-69-64(77-62)63-68-66-61(76-63)46-27-33-52(34-28-46)72-41-21-17-15-13-14-16-19-23-59(70)74-49(9-3)10-4/h9-12,37-38,45-56H,3-7,13-36,39,41-44H2,1-2H3. The molecule has 78 heavy (non-hydrogen) atoms. The summed E-state index contributed by atoms with van der Waals surface area (Å²) in [6.45, 7) is 20.7. The van der Waals surface area contributed by atoms with Crippen LogP contribution in [0.4, 0.5) is 0 Å². The normalized spacial score (nSPS) is 27.8. The van der Waals surface area contributed by atoms with Crippen LogP contribution in [-0.2, 0) is 28.5 Å². The average molecular weight is 1090 g/mol. The second-order valence-electron chi connectivity index (χ2n) is 23.4. The zero-order valence-electron chi connectivity index (χ0n) is 47.4. The van der Waals surface area contributed by atoms with Crippen LogP contribution in [0.5, 0.6) is 0 Å². The van der Waals surface area contributed by atoms with Crippen molar-refractivity contribution in [3.05, 3.63) is 84.3 Å². The summed E-state index contributed by atoms with van der Waals surface area (Å²) < 4.78 is 36.0. The monoisotopic (exact) mass is 1090 g/mol. The maximum atomic E-state index is 12.1.